The summed E-state index contributed by atoms with van der Waals surface area (Å²) < 4.78 is 37.6. The molecule has 0 unspecified atom stereocenters. The van der Waals surface area contributed by atoms with Crippen LogP contribution < -0.4 is 9.46 Å². The van der Waals surface area contributed by atoms with Gasteiger partial charge in [0, 0.05) is 24.7 Å². The zero-order chi connectivity index (χ0) is 16.0. The second kappa shape index (κ2) is 8.12. The summed E-state index contributed by atoms with van der Waals surface area (Å²) in [7, 11) is -2.20. The molecule has 0 amide bonds. The van der Waals surface area contributed by atoms with E-state index in [0.29, 0.717) is 11.6 Å². The normalized spacial score (nSPS) is 16.6. The van der Waals surface area contributed by atoms with Gasteiger partial charge in [-0.2, -0.15) is 0 Å². The molecule has 2 rings (SSSR count). The minimum Gasteiger partial charge on any atom is -0.495 e. The van der Waals surface area contributed by atoms with E-state index in [0.717, 1.165) is 39.3 Å². The van der Waals surface area contributed by atoms with Gasteiger partial charge in [-0.15, -0.1) is 0 Å². The van der Waals surface area contributed by atoms with E-state index in [1.54, 1.807) is 12.1 Å². The Morgan fingerprint density at radius 2 is 2.09 bits per heavy atom. The highest BCUT2D eigenvalue weighted by molar-refractivity contribution is 7.89. The van der Waals surface area contributed by atoms with Gasteiger partial charge in [0.2, 0.25) is 10.0 Å². The molecule has 124 valence electrons. The van der Waals surface area contributed by atoms with Crippen LogP contribution in [0.25, 0.3) is 0 Å². The van der Waals surface area contributed by atoms with Crippen molar-refractivity contribution in [2.45, 2.75) is 11.3 Å². The number of nitrogens with zero attached hydrogens (tertiary/aromatic N) is 1. The van der Waals surface area contributed by atoms with Crippen molar-refractivity contribution in [1.29, 1.82) is 0 Å². The predicted molar refractivity (Wildman–Crippen MR) is 85.1 cm³/mol. The summed E-state index contributed by atoms with van der Waals surface area (Å²) in [6.45, 7) is 4.49. The second-order valence-corrected chi connectivity index (χ2v) is 7.17. The van der Waals surface area contributed by atoms with Gasteiger partial charge in [0.25, 0.3) is 0 Å². The third-order valence-corrected chi connectivity index (χ3v) is 5.18. The van der Waals surface area contributed by atoms with E-state index in [1.807, 2.05) is 0 Å². The number of halogens is 1. The topological polar surface area (TPSA) is 67.9 Å². The molecule has 0 atom stereocenters. The van der Waals surface area contributed by atoms with E-state index in [4.69, 9.17) is 21.1 Å². The van der Waals surface area contributed by atoms with Gasteiger partial charge >= 0.3 is 0 Å². The Kier molecular flexibility index (Phi) is 6.46. The molecule has 1 aromatic carbocycles. The fourth-order valence-corrected chi connectivity index (χ4v) is 3.78. The SMILES string of the molecule is COc1ccc(Cl)cc1S(=O)(=O)NCCCN1CCOCC1. The van der Waals surface area contributed by atoms with Crippen LogP contribution in [0.3, 0.4) is 0 Å². The summed E-state index contributed by atoms with van der Waals surface area (Å²) in [5, 5.41) is 0.356. The lowest BCUT2D eigenvalue weighted by atomic mass is 10.3. The molecule has 0 radical (unpaired) electrons. The molecule has 1 aromatic rings. The summed E-state index contributed by atoms with van der Waals surface area (Å²) in [6.07, 6.45) is 0.738. The Hall–Kier alpha value is -0.860. The number of morpholine rings is 1. The number of benzene rings is 1. The molecule has 1 heterocycles. The standard InChI is InChI=1S/C14H21ClN2O4S/c1-20-13-4-3-12(15)11-14(13)22(18,19)16-5-2-6-17-7-9-21-10-8-17/h3-4,11,16H,2,5-10H2,1H3. The molecular formula is C14H21ClN2O4S. The highest BCUT2D eigenvalue weighted by atomic mass is 35.5. The van der Waals surface area contributed by atoms with E-state index >= 15 is 0 Å². The van der Waals surface area contributed by atoms with Gasteiger partial charge in [0.1, 0.15) is 10.6 Å². The molecule has 1 aliphatic rings. The van der Waals surface area contributed by atoms with Crippen LogP contribution in [-0.2, 0) is 14.8 Å². The monoisotopic (exact) mass is 348 g/mol. The average Bonchev–Trinajstić information content (AvgIpc) is 2.52. The van der Waals surface area contributed by atoms with E-state index in [9.17, 15) is 8.42 Å². The second-order valence-electron chi connectivity index (χ2n) is 5.00. The van der Waals surface area contributed by atoms with Crippen LogP contribution in [0, 0.1) is 0 Å². The molecule has 0 saturated carbocycles. The van der Waals surface area contributed by atoms with Crippen LogP contribution in [0.2, 0.25) is 5.02 Å². The van der Waals surface area contributed by atoms with Gasteiger partial charge in [-0.25, -0.2) is 13.1 Å². The third kappa shape index (κ3) is 4.82. The van der Waals surface area contributed by atoms with Crippen molar-refractivity contribution in [3.63, 3.8) is 0 Å². The third-order valence-electron chi connectivity index (χ3n) is 3.46. The highest BCUT2D eigenvalue weighted by Gasteiger charge is 2.19. The summed E-state index contributed by atoms with van der Waals surface area (Å²) in [6, 6.07) is 4.53. The van der Waals surface area contributed by atoms with E-state index < -0.39 is 10.0 Å². The van der Waals surface area contributed by atoms with Crippen molar-refractivity contribution < 1.29 is 17.9 Å². The minimum atomic E-state index is -3.63. The maximum atomic E-state index is 12.3. The molecule has 0 aromatic heterocycles. The average molecular weight is 349 g/mol. The van der Waals surface area contributed by atoms with E-state index in [-0.39, 0.29) is 10.6 Å². The number of rotatable bonds is 7. The lowest BCUT2D eigenvalue weighted by Gasteiger charge is -2.26. The van der Waals surface area contributed by atoms with Gasteiger partial charge in [-0.1, -0.05) is 11.6 Å². The smallest absolute Gasteiger partial charge is 0.244 e. The van der Waals surface area contributed by atoms with Crippen LogP contribution in [0.4, 0.5) is 0 Å². The fraction of sp³-hybridized carbons (Fsp3) is 0.571. The Balaban J connectivity index is 1.89. The number of hydrogen-bond donors (Lipinski definition) is 1. The minimum absolute atomic E-state index is 0.0638. The van der Waals surface area contributed by atoms with Gasteiger partial charge in [0.05, 0.1) is 20.3 Å². The Labute approximate surface area is 136 Å². The lowest BCUT2D eigenvalue weighted by molar-refractivity contribution is 0.0376. The van der Waals surface area contributed by atoms with Crippen molar-refractivity contribution in [3.8, 4) is 5.75 Å². The van der Waals surface area contributed by atoms with E-state index in [1.165, 1.54) is 13.2 Å². The molecule has 0 aliphatic carbocycles. The summed E-state index contributed by atoms with van der Waals surface area (Å²) in [4.78, 5) is 2.33. The summed E-state index contributed by atoms with van der Waals surface area (Å²) in [5.41, 5.74) is 0. The number of methoxy groups -OCH3 is 1. The zero-order valence-electron chi connectivity index (χ0n) is 12.5. The highest BCUT2D eigenvalue weighted by Crippen LogP contribution is 2.26. The molecule has 1 aliphatic heterocycles. The molecule has 0 bridgehead atoms. The van der Waals surface area contributed by atoms with Crippen molar-refractivity contribution in [1.82, 2.24) is 9.62 Å². The lowest BCUT2D eigenvalue weighted by Crippen LogP contribution is -2.38. The van der Waals surface area contributed by atoms with Crippen LogP contribution in [0.5, 0.6) is 5.75 Å². The number of nitrogens with one attached hydrogen (secondary N) is 1. The molecule has 1 N–H and O–H groups in total. The number of hydrogen-bond acceptors (Lipinski definition) is 5. The molecule has 1 saturated heterocycles. The van der Waals surface area contributed by atoms with Crippen LogP contribution in [-0.4, -0.2) is 59.8 Å². The number of sulfonamides is 1. The first-order valence-corrected chi connectivity index (χ1v) is 9.02. The van der Waals surface area contributed by atoms with Gasteiger partial charge in [-0.05, 0) is 31.2 Å². The largest absolute Gasteiger partial charge is 0.495 e. The molecule has 22 heavy (non-hydrogen) atoms. The Morgan fingerprint density at radius 1 is 1.36 bits per heavy atom. The van der Waals surface area contributed by atoms with Crippen LogP contribution in [0.15, 0.2) is 23.1 Å². The van der Waals surface area contributed by atoms with Gasteiger partial charge in [0.15, 0.2) is 0 Å². The summed E-state index contributed by atoms with van der Waals surface area (Å²) >= 11 is 5.88. The summed E-state index contributed by atoms with van der Waals surface area (Å²) in [5.74, 6) is 0.282. The van der Waals surface area contributed by atoms with Gasteiger partial charge in [-0.3, -0.25) is 4.90 Å². The molecule has 0 spiro atoms. The van der Waals surface area contributed by atoms with Crippen molar-refractivity contribution in [2.75, 3.05) is 46.5 Å². The Bertz CT molecular complexity index is 589. The first-order chi connectivity index (χ1) is 10.5. The fourth-order valence-electron chi connectivity index (χ4n) is 2.27. The van der Waals surface area contributed by atoms with Crippen LogP contribution in [0.1, 0.15) is 6.42 Å². The Morgan fingerprint density at radius 3 is 2.77 bits per heavy atom. The van der Waals surface area contributed by atoms with Crippen molar-refractivity contribution >= 4 is 21.6 Å². The molecule has 8 heteroatoms. The quantitative estimate of drug-likeness (QED) is 0.753. The first kappa shape index (κ1) is 17.5. The van der Waals surface area contributed by atoms with Crippen molar-refractivity contribution in [3.05, 3.63) is 23.2 Å². The molecule has 1 fully saturated rings. The molecular weight excluding hydrogens is 328 g/mol. The first-order valence-electron chi connectivity index (χ1n) is 7.16. The molecule has 6 nitrogen and oxygen atoms in total. The van der Waals surface area contributed by atoms with Crippen molar-refractivity contribution in [2.24, 2.45) is 0 Å². The predicted octanol–water partition coefficient (Wildman–Crippen LogP) is 1.35. The van der Waals surface area contributed by atoms with Crippen LogP contribution >= 0.6 is 11.6 Å². The van der Waals surface area contributed by atoms with E-state index in [2.05, 4.69) is 9.62 Å². The van der Waals surface area contributed by atoms with Gasteiger partial charge < -0.3 is 9.47 Å². The maximum Gasteiger partial charge on any atom is 0.244 e. The zero-order valence-corrected chi connectivity index (χ0v) is 14.1. The maximum absolute atomic E-state index is 12.3. The number of ether oxygens (including phenoxy) is 2.